The maximum Gasteiger partial charge on any atom is 0.315 e. The Bertz CT molecular complexity index is 408. The molecule has 0 saturated carbocycles. The van der Waals surface area contributed by atoms with E-state index in [1.165, 1.54) is 11.3 Å². The van der Waals surface area contributed by atoms with Crippen molar-refractivity contribution in [1.82, 2.24) is 10.6 Å². The molecule has 7 heteroatoms. The van der Waals surface area contributed by atoms with Crippen LogP contribution in [0.4, 0.5) is 4.79 Å². The molecule has 0 aliphatic heterocycles. The Kier molecular flexibility index (Phi) is 5.43. The molecule has 0 spiro atoms. The normalized spacial score (nSPS) is 11.9. The number of carboxylic acid groups (broad SMARTS) is 1. The van der Waals surface area contributed by atoms with Crippen LogP contribution in [0.2, 0.25) is 0 Å². The second-order valence-electron chi connectivity index (χ2n) is 3.53. The average Bonchev–Trinajstić information content (AvgIpc) is 2.69. The van der Waals surface area contributed by atoms with Gasteiger partial charge in [0.05, 0.1) is 12.5 Å². The molecule has 2 amide bonds. The van der Waals surface area contributed by atoms with Gasteiger partial charge in [0.2, 0.25) is 0 Å². The molecule has 0 saturated heterocycles. The lowest BCUT2D eigenvalue weighted by Gasteiger charge is -2.09. The Hall–Kier alpha value is -1.08. The predicted octanol–water partition coefficient (Wildman–Crippen LogP) is 2.03. The molecule has 1 heterocycles. The molecule has 94 valence electrons. The maximum absolute atomic E-state index is 11.3. The fourth-order valence-corrected chi connectivity index (χ4v) is 2.40. The van der Waals surface area contributed by atoms with Crippen LogP contribution in [-0.4, -0.2) is 23.7 Å². The lowest BCUT2D eigenvalue weighted by atomic mass is 10.2. The van der Waals surface area contributed by atoms with Crippen molar-refractivity contribution >= 4 is 39.3 Å². The van der Waals surface area contributed by atoms with Crippen molar-refractivity contribution in [3.05, 3.63) is 20.8 Å². The van der Waals surface area contributed by atoms with Crippen LogP contribution in [0.25, 0.3) is 0 Å². The fourth-order valence-electron chi connectivity index (χ4n) is 1.01. The first-order chi connectivity index (χ1) is 7.99. The first kappa shape index (κ1) is 14.0. The van der Waals surface area contributed by atoms with E-state index in [4.69, 9.17) is 5.11 Å². The number of halogens is 1. The third-order valence-electron chi connectivity index (χ3n) is 2.04. The van der Waals surface area contributed by atoms with Crippen molar-refractivity contribution in [3.63, 3.8) is 0 Å². The minimum absolute atomic E-state index is 0.120. The third-order valence-corrected chi connectivity index (χ3v) is 3.73. The molecule has 0 aromatic carbocycles. The summed E-state index contributed by atoms with van der Waals surface area (Å²) in [5.74, 6) is -1.51. The van der Waals surface area contributed by atoms with Crippen molar-refractivity contribution in [2.75, 3.05) is 6.54 Å². The first-order valence-corrected chi connectivity index (χ1v) is 6.63. The van der Waals surface area contributed by atoms with E-state index in [0.717, 1.165) is 9.35 Å². The van der Waals surface area contributed by atoms with Gasteiger partial charge < -0.3 is 15.7 Å². The number of rotatable bonds is 5. The Morgan fingerprint density at radius 1 is 1.53 bits per heavy atom. The highest BCUT2D eigenvalue weighted by Gasteiger charge is 2.11. The summed E-state index contributed by atoms with van der Waals surface area (Å²) in [6.07, 6.45) is 0. The summed E-state index contributed by atoms with van der Waals surface area (Å²) in [6, 6.07) is 1.56. The maximum atomic E-state index is 11.3. The van der Waals surface area contributed by atoms with Crippen LogP contribution >= 0.6 is 27.3 Å². The van der Waals surface area contributed by atoms with E-state index in [0.29, 0.717) is 6.54 Å². The third kappa shape index (κ3) is 5.18. The van der Waals surface area contributed by atoms with Crippen LogP contribution in [-0.2, 0) is 11.3 Å². The molecule has 1 aromatic heterocycles. The molecule has 1 aromatic rings. The van der Waals surface area contributed by atoms with Gasteiger partial charge in [-0.3, -0.25) is 4.79 Å². The molecule has 3 N–H and O–H groups in total. The summed E-state index contributed by atoms with van der Waals surface area (Å²) >= 11 is 4.86. The van der Waals surface area contributed by atoms with Crippen molar-refractivity contribution in [3.8, 4) is 0 Å². The summed E-state index contributed by atoms with van der Waals surface area (Å²) in [6.45, 7) is 2.10. The summed E-state index contributed by atoms with van der Waals surface area (Å²) < 4.78 is 0.985. The number of urea groups is 1. The lowest BCUT2D eigenvalue weighted by Crippen LogP contribution is -2.38. The summed E-state index contributed by atoms with van der Waals surface area (Å²) in [7, 11) is 0. The largest absolute Gasteiger partial charge is 0.481 e. The van der Waals surface area contributed by atoms with Crippen molar-refractivity contribution in [2.24, 2.45) is 5.92 Å². The molecule has 1 unspecified atom stereocenters. The molecular weight excluding hydrogens is 308 g/mol. The van der Waals surface area contributed by atoms with Crippen LogP contribution in [0.5, 0.6) is 0 Å². The second kappa shape index (κ2) is 6.61. The zero-order chi connectivity index (χ0) is 12.8. The number of aliphatic carboxylic acids is 1. The van der Waals surface area contributed by atoms with Gasteiger partial charge in [0, 0.05) is 21.3 Å². The summed E-state index contributed by atoms with van der Waals surface area (Å²) in [5.41, 5.74) is 0. The van der Waals surface area contributed by atoms with Gasteiger partial charge in [-0.2, -0.15) is 0 Å². The standard InChI is InChI=1S/C10H13BrN2O3S/c1-6(9(14)15)3-12-10(16)13-4-8-2-7(11)5-17-8/h2,5-6H,3-4H2,1H3,(H,14,15)(H2,12,13,16). The van der Waals surface area contributed by atoms with Gasteiger partial charge in [0.15, 0.2) is 0 Å². The van der Waals surface area contributed by atoms with Gasteiger partial charge in [0.25, 0.3) is 0 Å². The van der Waals surface area contributed by atoms with E-state index in [9.17, 15) is 9.59 Å². The minimum Gasteiger partial charge on any atom is -0.481 e. The number of carbonyl (C=O) groups excluding carboxylic acids is 1. The van der Waals surface area contributed by atoms with Gasteiger partial charge >= 0.3 is 12.0 Å². The molecule has 0 aliphatic carbocycles. The smallest absolute Gasteiger partial charge is 0.315 e. The van der Waals surface area contributed by atoms with E-state index < -0.39 is 11.9 Å². The van der Waals surface area contributed by atoms with Crippen LogP contribution in [0, 0.1) is 5.92 Å². The zero-order valence-electron chi connectivity index (χ0n) is 9.20. The minimum atomic E-state index is -0.924. The van der Waals surface area contributed by atoms with E-state index in [1.54, 1.807) is 6.92 Å². The Morgan fingerprint density at radius 2 is 2.24 bits per heavy atom. The lowest BCUT2D eigenvalue weighted by molar-refractivity contribution is -0.140. The SMILES string of the molecule is CC(CNC(=O)NCc1cc(Br)cs1)C(=O)O. The highest BCUT2D eigenvalue weighted by atomic mass is 79.9. The molecule has 0 bridgehead atoms. The van der Waals surface area contributed by atoms with Crippen LogP contribution in [0.1, 0.15) is 11.8 Å². The number of carbonyl (C=O) groups is 2. The number of nitrogens with one attached hydrogen (secondary N) is 2. The first-order valence-electron chi connectivity index (χ1n) is 4.96. The highest BCUT2D eigenvalue weighted by molar-refractivity contribution is 9.10. The number of carboxylic acids is 1. The van der Waals surface area contributed by atoms with Gasteiger partial charge in [-0.1, -0.05) is 6.92 Å². The fraction of sp³-hybridized carbons (Fsp3) is 0.400. The second-order valence-corrected chi connectivity index (χ2v) is 5.45. The Morgan fingerprint density at radius 3 is 2.76 bits per heavy atom. The van der Waals surface area contributed by atoms with Crippen molar-refractivity contribution < 1.29 is 14.7 Å². The van der Waals surface area contributed by atoms with Gasteiger partial charge in [-0.05, 0) is 22.0 Å². The molecule has 0 fully saturated rings. The Labute approximate surface area is 111 Å². The van der Waals surface area contributed by atoms with Crippen LogP contribution in [0.15, 0.2) is 15.9 Å². The van der Waals surface area contributed by atoms with Crippen molar-refractivity contribution in [2.45, 2.75) is 13.5 Å². The van der Waals surface area contributed by atoms with E-state index in [-0.39, 0.29) is 12.6 Å². The molecule has 1 atom stereocenters. The van der Waals surface area contributed by atoms with Gasteiger partial charge in [-0.15, -0.1) is 11.3 Å². The monoisotopic (exact) mass is 320 g/mol. The number of amides is 2. The molecular formula is C10H13BrN2O3S. The van der Waals surface area contributed by atoms with E-state index in [2.05, 4.69) is 26.6 Å². The molecule has 1 rings (SSSR count). The van der Waals surface area contributed by atoms with Gasteiger partial charge in [0.1, 0.15) is 0 Å². The highest BCUT2D eigenvalue weighted by Crippen LogP contribution is 2.19. The molecule has 0 aliphatic rings. The van der Waals surface area contributed by atoms with Crippen molar-refractivity contribution in [1.29, 1.82) is 0 Å². The molecule has 17 heavy (non-hydrogen) atoms. The Balaban J connectivity index is 2.24. The van der Waals surface area contributed by atoms with Crippen LogP contribution in [0.3, 0.4) is 0 Å². The molecule has 0 radical (unpaired) electrons. The predicted molar refractivity (Wildman–Crippen MR) is 69.1 cm³/mol. The zero-order valence-corrected chi connectivity index (χ0v) is 11.6. The number of thiophene rings is 1. The summed E-state index contributed by atoms with van der Waals surface area (Å²) in [5, 5.41) is 15.7. The topological polar surface area (TPSA) is 78.4 Å². The van der Waals surface area contributed by atoms with E-state index >= 15 is 0 Å². The number of hydrogen-bond acceptors (Lipinski definition) is 3. The quantitative estimate of drug-likeness (QED) is 0.776. The van der Waals surface area contributed by atoms with E-state index in [1.807, 2.05) is 11.4 Å². The average molecular weight is 321 g/mol. The van der Waals surface area contributed by atoms with Crippen LogP contribution < -0.4 is 10.6 Å². The molecule has 5 nitrogen and oxygen atoms in total. The summed E-state index contributed by atoms with van der Waals surface area (Å²) in [4.78, 5) is 22.9. The number of hydrogen-bond donors (Lipinski definition) is 3. The van der Waals surface area contributed by atoms with Gasteiger partial charge in [-0.25, -0.2) is 4.79 Å².